The molecule has 102 valence electrons. The number of aromatic nitrogens is 2. The summed E-state index contributed by atoms with van der Waals surface area (Å²) in [7, 11) is 0. The summed E-state index contributed by atoms with van der Waals surface area (Å²) in [5.41, 5.74) is 2.40. The van der Waals surface area contributed by atoms with Crippen molar-refractivity contribution in [2.24, 2.45) is 0 Å². The first-order chi connectivity index (χ1) is 9.52. The summed E-state index contributed by atoms with van der Waals surface area (Å²) in [5.74, 6) is 0.0504. The third-order valence-corrected chi connectivity index (χ3v) is 3.03. The lowest BCUT2D eigenvalue weighted by atomic mass is 10.1. The molecule has 0 amide bonds. The average Bonchev–Trinajstić information content (AvgIpc) is 2.83. The molecule has 1 N–H and O–H groups in total. The number of nitrogens with zero attached hydrogens (tertiary/aromatic N) is 4. The van der Waals surface area contributed by atoms with Crippen LogP contribution in [0.5, 0.6) is 0 Å². The van der Waals surface area contributed by atoms with Crippen molar-refractivity contribution in [2.45, 2.75) is 26.3 Å². The SMILES string of the molecule is CC(C)c1c([N+](=O)O)cnn1Cc1ccc(C#N)cc1. The Bertz CT molecular complexity index is 665. The summed E-state index contributed by atoms with van der Waals surface area (Å²) in [5, 5.41) is 22.0. The van der Waals surface area contributed by atoms with Crippen molar-refractivity contribution in [3.05, 3.63) is 52.2 Å². The van der Waals surface area contributed by atoms with Crippen LogP contribution in [0.15, 0.2) is 30.5 Å². The lowest BCUT2D eigenvalue weighted by Gasteiger charge is -2.09. The van der Waals surface area contributed by atoms with E-state index in [0.717, 1.165) is 5.56 Å². The monoisotopic (exact) mass is 271 g/mol. The zero-order valence-electron chi connectivity index (χ0n) is 11.3. The first kappa shape index (κ1) is 13.7. The minimum absolute atomic E-state index is 0.0504. The van der Waals surface area contributed by atoms with Gasteiger partial charge >= 0.3 is 5.69 Å². The van der Waals surface area contributed by atoms with E-state index in [1.807, 2.05) is 26.0 Å². The Morgan fingerprint density at radius 3 is 2.55 bits per heavy atom. The van der Waals surface area contributed by atoms with Crippen LogP contribution in [0.2, 0.25) is 0 Å². The fourth-order valence-corrected chi connectivity index (χ4v) is 2.11. The maximum atomic E-state index is 11.1. The fraction of sp³-hybridized carbons (Fsp3) is 0.286. The third-order valence-electron chi connectivity index (χ3n) is 3.03. The molecule has 6 nitrogen and oxygen atoms in total. The minimum Gasteiger partial charge on any atom is -0.258 e. The van der Waals surface area contributed by atoms with Crippen molar-refractivity contribution in [1.29, 1.82) is 5.26 Å². The number of benzene rings is 1. The summed E-state index contributed by atoms with van der Waals surface area (Å²) in [6, 6.07) is 9.23. The molecule has 6 heteroatoms. The Morgan fingerprint density at radius 2 is 2.05 bits per heavy atom. The molecule has 1 heterocycles. The second kappa shape index (κ2) is 5.53. The smallest absolute Gasteiger partial charge is 0.258 e. The van der Waals surface area contributed by atoms with E-state index in [0.29, 0.717) is 17.8 Å². The standard InChI is InChI=1S/C14H15N4O2/c1-10(2)14-13(18(19)20)8-16-17(14)9-12-5-3-11(7-15)4-6-12/h3-6,8,10H,9H2,1-2H3,(H,19,20)/q+1. The molecule has 1 aromatic heterocycles. The van der Waals surface area contributed by atoms with E-state index in [1.54, 1.807) is 16.8 Å². The van der Waals surface area contributed by atoms with Crippen molar-refractivity contribution < 1.29 is 10.1 Å². The van der Waals surface area contributed by atoms with Crippen molar-refractivity contribution in [3.63, 3.8) is 0 Å². The van der Waals surface area contributed by atoms with Gasteiger partial charge in [0.1, 0.15) is 11.9 Å². The maximum absolute atomic E-state index is 11.1. The van der Waals surface area contributed by atoms with E-state index in [-0.39, 0.29) is 16.5 Å². The van der Waals surface area contributed by atoms with Crippen LogP contribution in [-0.2, 0) is 6.54 Å². The molecule has 0 saturated heterocycles. The predicted molar refractivity (Wildman–Crippen MR) is 71.6 cm³/mol. The Morgan fingerprint density at radius 1 is 1.40 bits per heavy atom. The summed E-state index contributed by atoms with van der Waals surface area (Å²) in [6.07, 6.45) is 1.35. The van der Waals surface area contributed by atoms with Crippen LogP contribution in [0.3, 0.4) is 0 Å². The van der Waals surface area contributed by atoms with E-state index in [1.165, 1.54) is 6.20 Å². The van der Waals surface area contributed by atoms with Crippen LogP contribution in [0.4, 0.5) is 5.69 Å². The third kappa shape index (κ3) is 2.67. The van der Waals surface area contributed by atoms with Gasteiger partial charge in [-0.25, -0.2) is 5.21 Å². The van der Waals surface area contributed by atoms with Gasteiger partial charge < -0.3 is 0 Å². The Kier molecular flexibility index (Phi) is 3.80. The van der Waals surface area contributed by atoms with Crippen LogP contribution in [0.25, 0.3) is 0 Å². The van der Waals surface area contributed by atoms with Gasteiger partial charge in [-0.1, -0.05) is 26.0 Å². The molecular formula is C14H15N4O2+. The van der Waals surface area contributed by atoms with E-state index < -0.39 is 0 Å². The predicted octanol–water partition coefficient (Wildman–Crippen LogP) is 2.73. The molecule has 0 radical (unpaired) electrons. The van der Waals surface area contributed by atoms with Crippen molar-refractivity contribution in [2.75, 3.05) is 0 Å². The highest BCUT2D eigenvalue weighted by Crippen LogP contribution is 2.26. The summed E-state index contributed by atoms with van der Waals surface area (Å²) in [4.78, 5) is 10.9. The van der Waals surface area contributed by atoms with Crippen LogP contribution >= 0.6 is 0 Å². The summed E-state index contributed by atoms with van der Waals surface area (Å²) < 4.78 is 1.68. The van der Waals surface area contributed by atoms with Gasteiger partial charge in [-0.05, 0) is 17.7 Å². The normalized spacial score (nSPS) is 10.5. The summed E-state index contributed by atoms with van der Waals surface area (Å²) >= 11 is 0. The molecule has 2 rings (SSSR count). The number of hydrogen-bond acceptors (Lipinski definition) is 3. The quantitative estimate of drug-likeness (QED) is 0.867. The molecule has 0 aliphatic carbocycles. The molecule has 20 heavy (non-hydrogen) atoms. The second-order valence-corrected chi connectivity index (χ2v) is 4.81. The largest absolute Gasteiger partial charge is 0.357 e. The van der Waals surface area contributed by atoms with Gasteiger partial charge in [-0.3, -0.25) is 4.68 Å². The fourth-order valence-electron chi connectivity index (χ4n) is 2.11. The highest BCUT2D eigenvalue weighted by Gasteiger charge is 2.26. The van der Waals surface area contributed by atoms with Crippen LogP contribution in [0, 0.1) is 16.2 Å². The molecule has 0 aliphatic rings. The second-order valence-electron chi connectivity index (χ2n) is 4.81. The van der Waals surface area contributed by atoms with Crippen LogP contribution in [-0.4, -0.2) is 19.9 Å². The zero-order valence-corrected chi connectivity index (χ0v) is 11.3. The van der Waals surface area contributed by atoms with Gasteiger partial charge in [0.05, 0.1) is 23.1 Å². The van der Waals surface area contributed by atoms with Gasteiger partial charge in [0.15, 0.2) is 0 Å². The highest BCUT2D eigenvalue weighted by molar-refractivity contribution is 5.36. The lowest BCUT2D eigenvalue weighted by molar-refractivity contribution is -0.730. The summed E-state index contributed by atoms with van der Waals surface area (Å²) in [6.45, 7) is 4.34. The Labute approximate surface area is 116 Å². The van der Waals surface area contributed by atoms with Crippen molar-refractivity contribution in [3.8, 4) is 6.07 Å². The molecular weight excluding hydrogens is 256 g/mol. The minimum atomic E-state index is -0.155. The number of hydrogen-bond donors (Lipinski definition) is 1. The van der Waals surface area contributed by atoms with Gasteiger partial charge in [0, 0.05) is 5.92 Å². The van der Waals surface area contributed by atoms with Gasteiger partial charge in [-0.15, -0.1) is 0 Å². The molecule has 0 saturated carbocycles. The van der Waals surface area contributed by atoms with Crippen LogP contribution < -0.4 is 0 Å². The van der Waals surface area contributed by atoms with Gasteiger partial charge in [-0.2, -0.15) is 10.4 Å². The molecule has 0 atom stereocenters. The molecule has 0 unspecified atom stereocenters. The van der Waals surface area contributed by atoms with E-state index >= 15 is 0 Å². The first-order valence-electron chi connectivity index (χ1n) is 6.23. The topological polar surface area (TPSA) is 81.9 Å². The van der Waals surface area contributed by atoms with Gasteiger partial charge in [0.2, 0.25) is 0 Å². The van der Waals surface area contributed by atoms with Crippen molar-refractivity contribution >= 4 is 5.69 Å². The number of rotatable bonds is 4. The molecule has 1 aromatic carbocycles. The van der Waals surface area contributed by atoms with Gasteiger partial charge in [0.25, 0.3) is 4.92 Å². The average molecular weight is 271 g/mol. The van der Waals surface area contributed by atoms with Crippen LogP contribution in [0.1, 0.15) is 36.6 Å². The maximum Gasteiger partial charge on any atom is 0.357 e. The highest BCUT2D eigenvalue weighted by atomic mass is 16.6. The Balaban J connectivity index is 2.33. The Hall–Kier alpha value is -2.68. The van der Waals surface area contributed by atoms with E-state index in [4.69, 9.17) is 10.5 Å². The van der Waals surface area contributed by atoms with E-state index in [2.05, 4.69) is 11.2 Å². The molecule has 0 bridgehead atoms. The number of nitriles is 1. The van der Waals surface area contributed by atoms with Crippen molar-refractivity contribution in [1.82, 2.24) is 9.78 Å². The lowest BCUT2D eigenvalue weighted by Crippen LogP contribution is -2.09. The molecule has 0 spiro atoms. The molecule has 2 aromatic rings. The first-order valence-corrected chi connectivity index (χ1v) is 6.23. The molecule has 0 fully saturated rings. The molecule has 0 aliphatic heterocycles. The zero-order chi connectivity index (χ0) is 14.7. The van der Waals surface area contributed by atoms with E-state index in [9.17, 15) is 4.91 Å².